The summed E-state index contributed by atoms with van der Waals surface area (Å²) in [6.45, 7) is 12.7. The molecule has 0 saturated carbocycles. The summed E-state index contributed by atoms with van der Waals surface area (Å²) in [4.78, 5) is 52.6. The van der Waals surface area contributed by atoms with Crippen LogP contribution in [-0.2, 0) is 36.3 Å². The van der Waals surface area contributed by atoms with Crippen LogP contribution in [0.25, 0.3) is 0 Å². The number of nitrogens with zero attached hydrogens (tertiary/aromatic N) is 2. The van der Waals surface area contributed by atoms with Crippen LogP contribution in [0.1, 0.15) is 55.4 Å². The van der Waals surface area contributed by atoms with Crippen LogP contribution in [0.4, 0.5) is 0 Å². The van der Waals surface area contributed by atoms with Crippen LogP contribution in [0.3, 0.4) is 0 Å². The van der Waals surface area contributed by atoms with Gasteiger partial charge in [-0.05, 0) is 0 Å². The fourth-order valence-electron chi connectivity index (χ4n) is 4.43. The molecule has 0 aromatic heterocycles. The van der Waals surface area contributed by atoms with Gasteiger partial charge < -0.3 is 0 Å². The number of nitrogens with one attached hydrogen (secondary N) is 2. The molecule has 0 fully saturated rings. The maximum atomic E-state index is 13.5. The van der Waals surface area contributed by atoms with Crippen molar-refractivity contribution in [3.63, 3.8) is 0 Å². The van der Waals surface area contributed by atoms with E-state index in [4.69, 9.17) is 0 Å². The van der Waals surface area contributed by atoms with Crippen LogP contribution in [0, 0.1) is 0 Å². The Morgan fingerprint density at radius 2 is 0.839 bits per heavy atom. The molecule has 0 saturated heterocycles. The fourth-order valence-corrected chi connectivity index (χ4v) is 14.9. The predicted molar refractivity (Wildman–Crippen MR) is 115 cm³/mol. The third-order valence-corrected chi connectivity index (χ3v) is 15.2. The zero-order valence-electron chi connectivity index (χ0n) is 20.9. The molecule has 0 rings (SSSR count). The molecule has 0 radical (unpaired) electrons. The van der Waals surface area contributed by atoms with Gasteiger partial charge in [0.2, 0.25) is 0 Å². The molecule has 11 heteroatoms. The standard InChI is InChI=1S/2C8H14NO3.2C2H6N.Ti/c2*1-5(7(11)12)6(10)9-8(2,3)4;2*1-3-2;/h2*1-4H3,(H,9,10)(H,11,12);2*1-2H3;/q;;2*-1;+2. The molecule has 0 aliphatic carbocycles. The van der Waals surface area contributed by atoms with Crippen LogP contribution in [0.2, 0.25) is 7.44 Å². The Morgan fingerprint density at radius 1 is 0.613 bits per heavy atom. The number of carboxylic acids is 2. The van der Waals surface area contributed by atoms with Gasteiger partial charge in [-0.25, -0.2) is 0 Å². The number of aliphatic carboxylic acids is 2. The van der Waals surface area contributed by atoms with Gasteiger partial charge in [-0.3, -0.25) is 0 Å². The summed E-state index contributed by atoms with van der Waals surface area (Å²) >= 11 is -5.02. The Hall–Kier alpha value is -1.49. The van der Waals surface area contributed by atoms with E-state index in [1.165, 1.54) is 48.8 Å². The normalized spacial score (nSPS) is 17.0. The molecule has 0 bridgehead atoms. The van der Waals surface area contributed by atoms with Crippen LogP contribution in [0.5, 0.6) is 0 Å². The van der Waals surface area contributed by atoms with E-state index in [1.807, 2.05) is 0 Å². The van der Waals surface area contributed by atoms with E-state index in [0.29, 0.717) is 0 Å². The first-order valence-corrected chi connectivity index (χ1v) is 13.0. The van der Waals surface area contributed by atoms with Crippen LogP contribution in [-0.4, -0.2) is 80.0 Å². The van der Waals surface area contributed by atoms with Gasteiger partial charge in [0.05, 0.1) is 0 Å². The van der Waals surface area contributed by atoms with Crippen molar-refractivity contribution in [2.24, 2.45) is 0 Å². The Bertz CT molecular complexity index is 679. The van der Waals surface area contributed by atoms with Gasteiger partial charge in [0.15, 0.2) is 0 Å². The molecule has 180 valence electrons. The van der Waals surface area contributed by atoms with Crippen molar-refractivity contribution in [3.05, 3.63) is 0 Å². The van der Waals surface area contributed by atoms with Gasteiger partial charge in [-0.2, -0.15) is 0 Å². The number of carbonyl (C=O) groups excluding carboxylic acids is 2. The molecule has 0 aromatic carbocycles. The van der Waals surface area contributed by atoms with Gasteiger partial charge in [0.25, 0.3) is 0 Å². The second-order valence-electron chi connectivity index (χ2n) is 10.7. The molecule has 0 heterocycles. The van der Waals surface area contributed by atoms with E-state index in [2.05, 4.69) is 10.6 Å². The van der Waals surface area contributed by atoms with Gasteiger partial charge in [-0.15, -0.1) is 0 Å². The van der Waals surface area contributed by atoms with Crippen molar-refractivity contribution in [3.8, 4) is 0 Å². The average Bonchev–Trinajstić information content (AvgIpc) is 2.50. The molecule has 2 atom stereocenters. The van der Waals surface area contributed by atoms with Crippen molar-refractivity contribution >= 4 is 23.8 Å². The molecule has 2 amide bonds. The first-order chi connectivity index (χ1) is 13.5. The predicted octanol–water partition coefficient (Wildman–Crippen LogP) is 1.45. The summed E-state index contributed by atoms with van der Waals surface area (Å²) in [5, 5.41) is 26.2. The fraction of sp³-hybridized carbons (Fsp3) is 0.800. The third-order valence-electron chi connectivity index (χ3n) is 5.43. The van der Waals surface area contributed by atoms with E-state index < -0.39 is 59.4 Å². The summed E-state index contributed by atoms with van der Waals surface area (Å²) in [5.41, 5.74) is -1.54. The van der Waals surface area contributed by atoms with Crippen molar-refractivity contribution in [1.82, 2.24) is 17.4 Å². The zero-order valence-corrected chi connectivity index (χ0v) is 22.5. The van der Waals surface area contributed by atoms with Crippen LogP contribution >= 0.6 is 0 Å². The molecule has 4 N–H and O–H groups in total. The SMILES string of the molecule is C[N](C)[Ti]([N](C)C)([C](C)(C(=O)O)C(=O)NC(C)(C)C)[C](C)(C(=O)O)C(=O)NC(C)(C)C. The summed E-state index contributed by atoms with van der Waals surface area (Å²) in [6.07, 6.45) is 0. The maximum absolute atomic E-state index is 13.5. The van der Waals surface area contributed by atoms with Crippen LogP contribution in [0.15, 0.2) is 0 Å². The third kappa shape index (κ3) is 5.13. The molecule has 10 nitrogen and oxygen atoms in total. The number of amides is 2. The molecule has 0 aliphatic rings. The minimum atomic E-state index is -5.02. The number of hydrogen-bond donors (Lipinski definition) is 4. The summed E-state index contributed by atoms with van der Waals surface area (Å²) in [6, 6.07) is 0. The van der Waals surface area contributed by atoms with Crippen LogP contribution < -0.4 is 10.6 Å². The van der Waals surface area contributed by atoms with E-state index >= 15 is 0 Å². The second kappa shape index (κ2) is 9.17. The topological polar surface area (TPSA) is 139 Å². The van der Waals surface area contributed by atoms with Crippen molar-refractivity contribution in [2.75, 3.05) is 28.2 Å². The zero-order chi connectivity index (χ0) is 25.4. The monoisotopic (exact) mass is 480 g/mol. The molecule has 0 aliphatic heterocycles. The van der Waals surface area contributed by atoms with E-state index in [-0.39, 0.29) is 0 Å². The Labute approximate surface area is 189 Å². The molecule has 2 unspecified atom stereocenters. The Balaban J connectivity index is 7.55. The number of hydrogen-bond acceptors (Lipinski definition) is 6. The van der Waals surface area contributed by atoms with Crippen molar-refractivity contribution in [1.29, 1.82) is 0 Å². The Kier molecular flexibility index (Phi) is 8.73. The molecule has 31 heavy (non-hydrogen) atoms. The molecular weight excluding hydrogens is 440 g/mol. The molecule has 0 aromatic rings. The molecular formula is C20H40N4O6Ti. The van der Waals surface area contributed by atoms with Gasteiger partial charge >= 0.3 is 190 Å². The van der Waals surface area contributed by atoms with Gasteiger partial charge in [0, 0.05) is 0 Å². The first-order valence-electron chi connectivity index (χ1n) is 10.00. The Morgan fingerprint density at radius 3 is 0.968 bits per heavy atom. The summed E-state index contributed by atoms with van der Waals surface area (Å²) in [5.74, 6) is -4.61. The summed E-state index contributed by atoms with van der Waals surface area (Å²) < 4.78 is -1.37. The number of carboxylic acid groups (broad SMARTS) is 2. The average molecular weight is 480 g/mol. The quantitative estimate of drug-likeness (QED) is 0.302. The minimum absolute atomic E-state index is 0.770. The summed E-state index contributed by atoms with van der Waals surface area (Å²) in [7, 11) is 6.16. The number of carbonyl (C=O) groups is 4. The first kappa shape index (κ1) is 29.5. The van der Waals surface area contributed by atoms with Gasteiger partial charge in [0.1, 0.15) is 0 Å². The van der Waals surface area contributed by atoms with Crippen molar-refractivity contribution < 1.29 is 46.5 Å². The van der Waals surface area contributed by atoms with Crippen molar-refractivity contribution in [2.45, 2.75) is 73.9 Å². The second-order valence-corrected chi connectivity index (χ2v) is 18.7. The molecule has 0 spiro atoms. The van der Waals surface area contributed by atoms with E-state index in [9.17, 15) is 29.4 Å². The van der Waals surface area contributed by atoms with E-state index in [1.54, 1.807) is 41.5 Å². The van der Waals surface area contributed by atoms with E-state index in [0.717, 1.165) is 0 Å². The van der Waals surface area contributed by atoms with Gasteiger partial charge in [-0.1, -0.05) is 0 Å². The number of rotatable bonds is 8.